The van der Waals surface area contributed by atoms with E-state index in [0.29, 0.717) is 25.1 Å². The Kier molecular flexibility index (Phi) is 3.71. The second-order valence-electron chi connectivity index (χ2n) is 4.71. The van der Waals surface area contributed by atoms with Crippen molar-refractivity contribution in [1.82, 2.24) is 5.32 Å². The number of nitrogens with one attached hydrogen (secondary N) is 1. The van der Waals surface area contributed by atoms with Crippen LogP contribution in [0.4, 0.5) is 0 Å². The van der Waals surface area contributed by atoms with Crippen LogP contribution in [0.15, 0.2) is 0 Å². The van der Waals surface area contributed by atoms with Crippen LogP contribution in [-0.4, -0.2) is 29.8 Å². The number of aliphatic hydroxyl groups is 1. The minimum absolute atomic E-state index is 0.00241. The normalized spacial score (nSPS) is 29.5. The number of rotatable bonds is 4. The summed E-state index contributed by atoms with van der Waals surface area (Å²) in [5, 5.41) is 12.7. The van der Waals surface area contributed by atoms with Crippen molar-refractivity contribution in [2.45, 2.75) is 44.7 Å². The number of aliphatic hydroxyl groups excluding tert-OH is 1. The van der Waals surface area contributed by atoms with Gasteiger partial charge in [-0.05, 0) is 32.6 Å². The molecule has 3 heteroatoms. The van der Waals surface area contributed by atoms with Crippen LogP contribution in [0.5, 0.6) is 0 Å². The summed E-state index contributed by atoms with van der Waals surface area (Å²) >= 11 is 0. The quantitative estimate of drug-likeness (QED) is 0.598. The van der Waals surface area contributed by atoms with Crippen LogP contribution in [0.25, 0.3) is 0 Å². The molecule has 1 aliphatic carbocycles. The lowest BCUT2D eigenvalue weighted by molar-refractivity contribution is 0.188. The van der Waals surface area contributed by atoms with Gasteiger partial charge >= 0.3 is 0 Å². The summed E-state index contributed by atoms with van der Waals surface area (Å²) in [5.41, 5.74) is 5.65. The monoisotopic (exact) mass is 186 g/mol. The van der Waals surface area contributed by atoms with Crippen molar-refractivity contribution in [2.24, 2.45) is 11.7 Å². The number of hydrogen-bond acceptors (Lipinski definition) is 3. The summed E-state index contributed by atoms with van der Waals surface area (Å²) in [7, 11) is 0. The first-order valence-electron chi connectivity index (χ1n) is 5.17. The molecule has 2 atom stereocenters. The topological polar surface area (TPSA) is 58.3 Å². The van der Waals surface area contributed by atoms with Crippen LogP contribution >= 0.6 is 0 Å². The van der Waals surface area contributed by atoms with E-state index in [9.17, 15) is 0 Å². The Morgan fingerprint density at radius 3 is 2.69 bits per heavy atom. The van der Waals surface area contributed by atoms with Gasteiger partial charge in [0.1, 0.15) is 0 Å². The van der Waals surface area contributed by atoms with Gasteiger partial charge in [-0.1, -0.05) is 6.42 Å². The van der Waals surface area contributed by atoms with Gasteiger partial charge in [0, 0.05) is 24.7 Å². The molecule has 1 rings (SSSR count). The van der Waals surface area contributed by atoms with E-state index in [4.69, 9.17) is 10.8 Å². The van der Waals surface area contributed by atoms with Gasteiger partial charge in [-0.2, -0.15) is 0 Å². The molecule has 3 nitrogen and oxygen atoms in total. The molecule has 0 saturated heterocycles. The third-order valence-corrected chi connectivity index (χ3v) is 2.98. The summed E-state index contributed by atoms with van der Waals surface area (Å²) in [6.07, 6.45) is 3.55. The first kappa shape index (κ1) is 11.0. The van der Waals surface area contributed by atoms with Gasteiger partial charge in [0.05, 0.1) is 0 Å². The molecule has 0 bridgehead atoms. The van der Waals surface area contributed by atoms with Crippen molar-refractivity contribution in [3.05, 3.63) is 0 Å². The predicted octanol–water partition coefficient (Wildman–Crippen LogP) is 0.474. The molecular formula is C10H22N2O. The zero-order valence-corrected chi connectivity index (χ0v) is 8.71. The van der Waals surface area contributed by atoms with Crippen molar-refractivity contribution >= 4 is 0 Å². The zero-order valence-electron chi connectivity index (χ0n) is 8.71. The van der Waals surface area contributed by atoms with Gasteiger partial charge in [-0.25, -0.2) is 0 Å². The van der Waals surface area contributed by atoms with Crippen LogP contribution in [0, 0.1) is 5.92 Å². The van der Waals surface area contributed by atoms with E-state index in [-0.39, 0.29) is 5.54 Å². The van der Waals surface area contributed by atoms with E-state index in [1.807, 2.05) is 0 Å². The molecule has 4 N–H and O–H groups in total. The maximum atomic E-state index is 9.13. The Bertz CT molecular complexity index is 159. The second kappa shape index (κ2) is 4.40. The van der Waals surface area contributed by atoms with Crippen LogP contribution in [0.2, 0.25) is 0 Å². The second-order valence-corrected chi connectivity index (χ2v) is 4.71. The lowest BCUT2D eigenvalue weighted by Crippen LogP contribution is -2.52. The highest BCUT2D eigenvalue weighted by Gasteiger charge is 2.30. The largest absolute Gasteiger partial charge is 0.396 e. The fraction of sp³-hybridized carbons (Fsp3) is 1.00. The lowest BCUT2D eigenvalue weighted by atomic mass is 9.99. The lowest BCUT2D eigenvalue weighted by Gasteiger charge is -2.31. The highest BCUT2D eigenvalue weighted by atomic mass is 16.3. The van der Waals surface area contributed by atoms with Crippen LogP contribution in [0.1, 0.15) is 33.1 Å². The summed E-state index contributed by atoms with van der Waals surface area (Å²) < 4.78 is 0. The number of nitrogens with two attached hydrogens (primary N) is 1. The van der Waals surface area contributed by atoms with Crippen LogP contribution in [0.3, 0.4) is 0 Å². The molecule has 0 radical (unpaired) electrons. The summed E-state index contributed by atoms with van der Waals surface area (Å²) in [6, 6.07) is 0.462. The van der Waals surface area contributed by atoms with E-state index in [0.717, 1.165) is 6.42 Å². The molecule has 0 aliphatic heterocycles. The minimum Gasteiger partial charge on any atom is -0.396 e. The Morgan fingerprint density at radius 1 is 1.46 bits per heavy atom. The molecule has 13 heavy (non-hydrogen) atoms. The Balaban J connectivity index is 2.43. The molecule has 0 aromatic carbocycles. The third kappa shape index (κ3) is 2.93. The van der Waals surface area contributed by atoms with E-state index in [1.54, 1.807) is 0 Å². The molecular weight excluding hydrogens is 164 g/mol. The fourth-order valence-electron chi connectivity index (χ4n) is 2.01. The number of hydrogen-bond donors (Lipinski definition) is 3. The Labute approximate surface area is 80.7 Å². The van der Waals surface area contributed by atoms with Gasteiger partial charge in [0.15, 0.2) is 0 Å². The Hall–Kier alpha value is -0.120. The minimum atomic E-state index is 0.00241. The summed E-state index contributed by atoms with van der Waals surface area (Å²) in [6.45, 7) is 5.17. The molecule has 0 aromatic heterocycles. The average Bonchev–Trinajstić information content (AvgIpc) is 2.51. The molecule has 1 fully saturated rings. The highest BCUT2D eigenvalue weighted by molar-refractivity contribution is 4.89. The van der Waals surface area contributed by atoms with E-state index < -0.39 is 0 Å². The summed E-state index contributed by atoms with van der Waals surface area (Å²) in [4.78, 5) is 0. The molecule has 0 heterocycles. The molecule has 2 unspecified atom stereocenters. The first-order valence-corrected chi connectivity index (χ1v) is 5.17. The average molecular weight is 186 g/mol. The van der Waals surface area contributed by atoms with Crippen LogP contribution in [-0.2, 0) is 0 Å². The maximum Gasteiger partial charge on any atom is 0.0474 e. The molecule has 0 spiro atoms. The van der Waals surface area contributed by atoms with E-state index in [2.05, 4.69) is 19.2 Å². The molecule has 0 aromatic rings. The smallest absolute Gasteiger partial charge is 0.0474 e. The molecule has 1 aliphatic rings. The van der Waals surface area contributed by atoms with Crippen molar-refractivity contribution in [3.8, 4) is 0 Å². The van der Waals surface area contributed by atoms with Gasteiger partial charge in [-0.3, -0.25) is 0 Å². The SMILES string of the molecule is CC(C)(CN)NC1CCCC1CO. The molecule has 78 valence electrons. The summed E-state index contributed by atoms with van der Waals surface area (Å²) in [5.74, 6) is 0.436. The Morgan fingerprint density at radius 2 is 2.15 bits per heavy atom. The van der Waals surface area contributed by atoms with Crippen molar-refractivity contribution < 1.29 is 5.11 Å². The zero-order chi connectivity index (χ0) is 9.90. The predicted molar refractivity (Wildman–Crippen MR) is 54.5 cm³/mol. The van der Waals surface area contributed by atoms with E-state index in [1.165, 1.54) is 12.8 Å². The van der Waals surface area contributed by atoms with Crippen molar-refractivity contribution in [1.29, 1.82) is 0 Å². The van der Waals surface area contributed by atoms with Crippen LogP contribution < -0.4 is 11.1 Å². The van der Waals surface area contributed by atoms with Gasteiger partial charge in [0.2, 0.25) is 0 Å². The standard InChI is InChI=1S/C10H22N2O/c1-10(2,7-11)12-9-5-3-4-8(9)6-13/h8-9,12-13H,3-7,11H2,1-2H3. The molecule has 1 saturated carbocycles. The van der Waals surface area contributed by atoms with Gasteiger partial charge in [-0.15, -0.1) is 0 Å². The first-order chi connectivity index (χ1) is 6.09. The van der Waals surface area contributed by atoms with E-state index >= 15 is 0 Å². The van der Waals surface area contributed by atoms with Gasteiger partial charge < -0.3 is 16.2 Å². The van der Waals surface area contributed by atoms with Crippen molar-refractivity contribution in [2.75, 3.05) is 13.2 Å². The van der Waals surface area contributed by atoms with Gasteiger partial charge in [0.25, 0.3) is 0 Å². The highest BCUT2D eigenvalue weighted by Crippen LogP contribution is 2.26. The fourth-order valence-corrected chi connectivity index (χ4v) is 2.01. The third-order valence-electron chi connectivity index (χ3n) is 2.98. The molecule has 0 amide bonds. The maximum absolute atomic E-state index is 9.13. The van der Waals surface area contributed by atoms with Crippen molar-refractivity contribution in [3.63, 3.8) is 0 Å².